The number of sulfonamides is 1. The molecule has 0 aliphatic rings. The Morgan fingerprint density at radius 1 is 1.40 bits per heavy atom. The standard InChI is InChI=1S/C13H23N3O3S/c1-5-13(2,8-9-17)15-12-7-6-11(10-14-12)20(18,19)16(3)4/h6-7,10,17H,5,8-9H2,1-4H3,(H,14,15). The van der Waals surface area contributed by atoms with E-state index in [9.17, 15) is 8.42 Å². The summed E-state index contributed by atoms with van der Waals surface area (Å²) >= 11 is 0. The summed E-state index contributed by atoms with van der Waals surface area (Å²) in [5.41, 5.74) is -0.260. The van der Waals surface area contributed by atoms with E-state index < -0.39 is 10.0 Å². The van der Waals surface area contributed by atoms with Crippen LogP contribution in [0.15, 0.2) is 23.2 Å². The summed E-state index contributed by atoms with van der Waals surface area (Å²) in [6.07, 6.45) is 2.77. The van der Waals surface area contributed by atoms with E-state index in [1.54, 1.807) is 6.07 Å². The highest BCUT2D eigenvalue weighted by molar-refractivity contribution is 7.89. The van der Waals surface area contributed by atoms with Crippen molar-refractivity contribution in [2.24, 2.45) is 0 Å². The molecule has 20 heavy (non-hydrogen) atoms. The van der Waals surface area contributed by atoms with Crippen molar-refractivity contribution in [2.45, 2.75) is 37.1 Å². The maximum atomic E-state index is 11.9. The Morgan fingerprint density at radius 2 is 2.05 bits per heavy atom. The lowest BCUT2D eigenvalue weighted by molar-refractivity contribution is 0.252. The Labute approximate surface area is 120 Å². The van der Waals surface area contributed by atoms with E-state index in [0.29, 0.717) is 12.2 Å². The molecule has 2 N–H and O–H groups in total. The lowest BCUT2D eigenvalue weighted by Gasteiger charge is -2.29. The van der Waals surface area contributed by atoms with E-state index in [4.69, 9.17) is 5.11 Å². The molecule has 1 atom stereocenters. The quantitative estimate of drug-likeness (QED) is 0.793. The Bertz CT molecular complexity index is 528. The highest BCUT2D eigenvalue weighted by Crippen LogP contribution is 2.21. The first kappa shape index (κ1) is 16.9. The van der Waals surface area contributed by atoms with Crippen LogP contribution in [0.4, 0.5) is 5.82 Å². The molecule has 0 fully saturated rings. The van der Waals surface area contributed by atoms with Crippen molar-refractivity contribution in [1.82, 2.24) is 9.29 Å². The van der Waals surface area contributed by atoms with Crippen LogP contribution in [0.5, 0.6) is 0 Å². The maximum absolute atomic E-state index is 11.9. The van der Waals surface area contributed by atoms with Crippen molar-refractivity contribution in [3.8, 4) is 0 Å². The number of aliphatic hydroxyl groups is 1. The van der Waals surface area contributed by atoms with Gasteiger partial charge in [-0.05, 0) is 31.9 Å². The van der Waals surface area contributed by atoms with Crippen molar-refractivity contribution in [3.05, 3.63) is 18.3 Å². The molecule has 1 rings (SSSR count). The maximum Gasteiger partial charge on any atom is 0.244 e. The first-order valence-electron chi connectivity index (χ1n) is 6.53. The zero-order chi connectivity index (χ0) is 15.4. The summed E-state index contributed by atoms with van der Waals surface area (Å²) < 4.78 is 25.0. The fraction of sp³-hybridized carbons (Fsp3) is 0.615. The second-order valence-electron chi connectivity index (χ2n) is 5.18. The van der Waals surface area contributed by atoms with E-state index in [-0.39, 0.29) is 17.0 Å². The van der Waals surface area contributed by atoms with Crippen molar-refractivity contribution in [3.63, 3.8) is 0 Å². The zero-order valence-corrected chi connectivity index (χ0v) is 13.2. The minimum absolute atomic E-state index is 0.0877. The first-order valence-corrected chi connectivity index (χ1v) is 7.97. The molecule has 0 saturated carbocycles. The summed E-state index contributed by atoms with van der Waals surface area (Å²) in [5, 5.41) is 12.3. The van der Waals surface area contributed by atoms with E-state index in [1.165, 1.54) is 26.4 Å². The van der Waals surface area contributed by atoms with Crippen molar-refractivity contribution in [1.29, 1.82) is 0 Å². The lowest BCUT2D eigenvalue weighted by Crippen LogP contribution is -2.35. The number of hydrogen-bond acceptors (Lipinski definition) is 5. The Kier molecular flexibility index (Phi) is 5.50. The predicted octanol–water partition coefficient (Wildman–Crippen LogP) is 1.29. The average Bonchev–Trinajstić information content (AvgIpc) is 2.39. The molecule has 0 amide bonds. The van der Waals surface area contributed by atoms with Crippen LogP contribution in [0.25, 0.3) is 0 Å². The van der Waals surface area contributed by atoms with Gasteiger partial charge in [0.1, 0.15) is 10.7 Å². The van der Waals surface area contributed by atoms with Crippen LogP contribution in [0.1, 0.15) is 26.7 Å². The fourth-order valence-corrected chi connectivity index (χ4v) is 2.55. The van der Waals surface area contributed by atoms with Crippen LogP contribution in [-0.2, 0) is 10.0 Å². The summed E-state index contributed by atoms with van der Waals surface area (Å²) in [4.78, 5) is 4.30. The molecule has 0 aliphatic carbocycles. The average molecular weight is 301 g/mol. The van der Waals surface area contributed by atoms with Gasteiger partial charge in [-0.25, -0.2) is 17.7 Å². The minimum atomic E-state index is -3.45. The molecule has 0 saturated heterocycles. The topological polar surface area (TPSA) is 82.5 Å². The van der Waals surface area contributed by atoms with Gasteiger partial charge in [0.2, 0.25) is 10.0 Å². The van der Waals surface area contributed by atoms with E-state index in [2.05, 4.69) is 10.3 Å². The molecule has 6 nitrogen and oxygen atoms in total. The number of rotatable bonds is 7. The first-order chi connectivity index (χ1) is 9.25. The van der Waals surface area contributed by atoms with Crippen LogP contribution in [0.3, 0.4) is 0 Å². The number of hydrogen-bond donors (Lipinski definition) is 2. The zero-order valence-electron chi connectivity index (χ0n) is 12.4. The van der Waals surface area contributed by atoms with Gasteiger partial charge in [-0.3, -0.25) is 0 Å². The summed E-state index contributed by atoms with van der Waals surface area (Å²) in [6.45, 7) is 4.10. The predicted molar refractivity (Wildman–Crippen MR) is 79.1 cm³/mol. The monoisotopic (exact) mass is 301 g/mol. The third-order valence-corrected chi connectivity index (χ3v) is 5.19. The summed E-state index contributed by atoms with van der Waals surface area (Å²) in [6, 6.07) is 3.17. The van der Waals surface area contributed by atoms with Crippen molar-refractivity contribution < 1.29 is 13.5 Å². The fourth-order valence-electron chi connectivity index (χ4n) is 1.70. The van der Waals surface area contributed by atoms with Gasteiger partial charge in [0.25, 0.3) is 0 Å². The largest absolute Gasteiger partial charge is 0.396 e. The van der Waals surface area contributed by atoms with Crippen LogP contribution in [-0.4, -0.2) is 49.1 Å². The molecule has 0 radical (unpaired) electrons. The molecule has 0 bridgehead atoms. The smallest absolute Gasteiger partial charge is 0.244 e. The van der Waals surface area contributed by atoms with Crippen LogP contribution in [0, 0.1) is 0 Å². The third-order valence-electron chi connectivity index (χ3n) is 3.39. The molecule has 0 spiro atoms. The van der Waals surface area contributed by atoms with Gasteiger partial charge in [0.05, 0.1) is 0 Å². The molecule has 114 valence electrons. The lowest BCUT2D eigenvalue weighted by atomic mass is 9.95. The van der Waals surface area contributed by atoms with Crippen LogP contribution in [0.2, 0.25) is 0 Å². The second kappa shape index (κ2) is 6.51. The number of pyridine rings is 1. The number of aliphatic hydroxyl groups excluding tert-OH is 1. The Morgan fingerprint density at radius 3 is 2.45 bits per heavy atom. The molecule has 1 heterocycles. The van der Waals surface area contributed by atoms with Crippen molar-refractivity contribution in [2.75, 3.05) is 26.0 Å². The highest BCUT2D eigenvalue weighted by Gasteiger charge is 2.22. The van der Waals surface area contributed by atoms with Gasteiger partial charge in [0, 0.05) is 32.4 Å². The number of nitrogens with zero attached hydrogens (tertiary/aromatic N) is 2. The SMILES string of the molecule is CCC(C)(CCO)Nc1ccc(S(=O)(=O)N(C)C)cn1. The number of aromatic nitrogens is 1. The van der Waals surface area contributed by atoms with Crippen molar-refractivity contribution >= 4 is 15.8 Å². The van der Waals surface area contributed by atoms with E-state index in [0.717, 1.165) is 10.7 Å². The van der Waals surface area contributed by atoms with Gasteiger partial charge in [-0.1, -0.05) is 6.92 Å². The van der Waals surface area contributed by atoms with Gasteiger partial charge in [0.15, 0.2) is 0 Å². The van der Waals surface area contributed by atoms with Gasteiger partial charge in [-0.15, -0.1) is 0 Å². The number of nitrogens with one attached hydrogen (secondary N) is 1. The summed E-state index contributed by atoms with van der Waals surface area (Å²) in [7, 11) is -0.484. The summed E-state index contributed by atoms with van der Waals surface area (Å²) in [5.74, 6) is 0.598. The van der Waals surface area contributed by atoms with E-state index >= 15 is 0 Å². The second-order valence-corrected chi connectivity index (χ2v) is 7.33. The third kappa shape index (κ3) is 3.91. The number of anilines is 1. The van der Waals surface area contributed by atoms with Gasteiger partial charge >= 0.3 is 0 Å². The Balaban J connectivity index is 2.93. The molecule has 0 aromatic carbocycles. The molecule has 1 unspecified atom stereocenters. The molecule has 1 aromatic rings. The van der Waals surface area contributed by atoms with Gasteiger partial charge < -0.3 is 10.4 Å². The Hall–Kier alpha value is -1.18. The minimum Gasteiger partial charge on any atom is -0.396 e. The van der Waals surface area contributed by atoms with E-state index in [1.807, 2.05) is 13.8 Å². The molecular weight excluding hydrogens is 278 g/mol. The normalized spacial score (nSPS) is 15.1. The van der Waals surface area contributed by atoms with Crippen LogP contribution < -0.4 is 5.32 Å². The molecule has 0 aliphatic heterocycles. The molecule has 1 aromatic heterocycles. The van der Waals surface area contributed by atoms with Crippen LogP contribution >= 0.6 is 0 Å². The highest BCUT2D eigenvalue weighted by atomic mass is 32.2. The molecular formula is C13H23N3O3S. The molecule has 7 heteroatoms. The van der Waals surface area contributed by atoms with Gasteiger partial charge in [-0.2, -0.15) is 0 Å².